The van der Waals surface area contributed by atoms with E-state index in [4.69, 9.17) is 9.47 Å². The Morgan fingerprint density at radius 3 is 3.00 bits per heavy atom. The van der Waals surface area contributed by atoms with Gasteiger partial charge in [0.15, 0.2) is 0 Å². The Labute approximate surface area is 126 Å². The summed E-state index contributed by atoms with van der Waals surface area (Å²) in [5.41, 5.74) is 1.16. The third kappa shape index (κ3) is 3.83. The van der Waals surface area contributed by atoms with E-state index in [1.807, 2.05) is 25.1 Å². The van der Waals surface area contributed by atoms with Gasteiger partial charge in [-0.25, -0.2) is 0 Å². The predicted molar refractivity (Wildman–Crippen MR) is 81.1 cm³/mol. The summed E-state index contributed by atoms with van der Waals surface area (Å²) in [6.07, 6.45) is 1.93. The summed E-state index contributed by atoms with van der Waals surface area (Å²) in [6, 6.07) is 10.3. The number of rotatable bonds is 5. The Morgan fingerprint density at radius 1 is 1.43 bits per heavy atom. The summed E-state index contributed by atoms with van der Waals surface area (Å²) in [5.74, 6) is 0. The van der Waals surface area contributed by atoms with Gasteiger partial charge in [-0.15, -0.1) is 0 Å². The maximum atomic E-state index is 9.50. The van der Waals surface area contributed by atoms with Gasteiger partial charge >= 0.3 is 0 Å². The monoisotopic (exact) mass is 291 g/mol. The average molecular weight is 291 g/mol. The van der Waals surface area contributed by atoms with Crippen LogP contribution >= 0.6 is 0 Å². The molecule has 2 heterocycles. The van der Waals surface area contributed by atoms with Crippen LogP contribution < -0.4 is 0 Å². The summed E-state index contributed by atoms with van der Waals surface area (Å²) in [6.45, 7) is 5.85. The number of hydrogen-bond acceptors (Lipinski definition) is 4. The van der Waals surface area contributed by atoms with Gasteiger partial charge in [-0.1, -0.05) is 30.3 Å². The lowest BCUT2D eigenvalue weighted by atomic mass is 9.98. The topological polar surface area (TPSA) is 41.9 Å². The molecule has 2 aliphatic rings. The molecule has 0 saturated carbocycles. The van der Waals surface area contributed by atoms with Crippen LogP contribution in [0.15, 0.2) is 30.3 Å². The number of aliphatic hydroxyl groups is 1. The van der Waals surface area contributed by atoms with Crippen molar-refractivity contribution in [1.29, 1.82) is 0 Å². The average Bonchev–Trinajstić information content (AvgIpc) is 3.05. The van der Waals surface area contributed by atoms with Gasteiger partial charge in [-0.3, -0.25) is 4.90 Å². The summed E-state index contributed by atoms with van der Waals surface area (Å²) in [7, 11) is 0. The van der Waals surface area contributed by atoms with Crippen molar-refractivity contribution < 1.29 is 14.6 Å². The second kappa shape index (κ2) is 6.44. The van der Waals surface area contributed by atoms with Crippen LogP contribution in [0.4, 0.5) is 0 Å². The van der Waals surface area contributed by atoms with E-state index < -0.39 is 0 Å². The Bertz CT molecular complexity index is 451. The van der Waals surface area contributed by atoms with E-state index in [0.29, 0.717) is 13.2 Å². The van der Waals surface area contributed by atoms with Crippen LogP contribution in [0.5, 0.6) is 0 Å². The molecular formula is C17H25NO3. The van der Waals surface area contributed by atoms with E-state index in [-0.39, 0.29) is 17.8 Å². The van der Waals surface area contributed by atoms with Gasteiger partial charge < -0.3 is 14.6 Å². The first-order chi connectivity index (χ1) is 10.2. The molecule has 2 aliphatic heterocycles. The third-order valence-electron chi connectivity index (χ3n) is 4.42. The second-order valence-electron chi connectivity index (χ2n) is 6.45. The highest BCUT2D eigenvalue weighted by atomic mass is 16.6. The minimum atomic E-state index is -0.272. The van der Waals surface area contributed by atoms with E-state index in [1.54, 1.807) is 0 Å². The summed E-state index contributed by atoms with van der Waals surface area (Å²) in [5, 5.41) is 9.50. The summed E-state index contributed by atoms with van der Waals surface area (Å²) >= 11 is 0. The van der Waals surface area contributed by atoms with Gasteiger partial charge in [0, 0.05) is 26.1 Å². The Kier molecular flexibility index (Phi) is 4.60. The van der Waals surface area contributed by atoms with Crippen molar-refractivity contribution in [1.82, 2.24) is 4.90 Å². The zero-order valence-corrected chi connectivity index (χ0v) is 12.7. The van der Waals surface area contributed by atoms with Crippen molar-refractivity contribution in [2.24, 2.45) is 0 Å². The maximum Gasteiger partial charge on any atom is 0.0847 e. The molecule has 1 N–H and O–H groups in total. The van der Waals surface area contributed by atoms with Gasteiger partial charge in [-0.2, -0.15) is 0 Å². The van der Waals surface area contributed by atoms with Crippen molar-refractivity contribution in [3.05, 3.63) is 35.9 Å². The summed E-state index contributed by atoms with van der Waals surface area (Å²) in [4.78, 5) is 2.30. The molecule has 3 unspecified atom stereocenters. The van der Waals surface area contributed by atoms with Gasteiger partial charge in [0.2, 0.25) is 0 Å². The number of nitrogens with zero attached hydrogens (tertiary/aromatic N) is 1. The van der Waals surface area contributed by atoms with Crippen LogP contribution in [0.2, 0.25) is 0 Å². The van der Waals surface area contributed by atoms with E-state index in [9.17, 15) is 5.11 Å². The smallest absolute Gasteiger partial charge is 0.0847 e. The van der Waals surface area contributed by atoms with Crippen LogP contribution in [0.25, 0.3) is 0 Å². The van der Waals surface area contributed by atoms with Crippen LogP contribution in [-0.4, -0.2) is 54.1 Å². The first kappa shape index (κ1) is 15.0. The zero-order chi connectivity index (χ0) is 14.7. The lowest BCUT2D eigenvalue weighted by molar-refractivity contribution is -0.00184. The molecule has 0 bridgehead atoms. The molecule has 3 rings (SSSR count). The second-order valence-corrected chi connectivity index (χ2v) is 6.45. The number of aliphatic hydroxyl groups excluding tert-OH is 1. The predicted octanol–water partition coefficient (Wildman–Crippen LogP) is 1.82. The maximum absolute atomic E-state index is 9.50. The molecule has 0 aromatic heterocycles. The fourth-order valence-corrected chi connectivity index (χ4v) is 3.44. The SMILES string of the molecule is CC(O)CN1CCC2(CC(OCc3ccccc3)CO2)C1. The minimum Gasteiger partial charge on any atom is -0.392 e. The molecule has 0 amide bonds. The molecule has 0 aliphatic carbocycles. The van der Waals surface area contributed by atoms with Crippen LogP contribution in [0.3, 0.4) is 0 Å². The van der Waals surface area contributed by atoms with Crippen LogP contribution in [0, 0.1) is 0 Å². The molecule has 2 saturated heterocycles. The largest absolute Gasteiger partial charge is 0.392 e. The first-order valence-corrected chi connectivity index (χ1v) is 7.85. The highest BCUT2D eigenvalue weighted by molar-refractivity contribution is 5.13. The first-order valence-electron chi connectivity index (χ1n) is 7.85. The molecule has 1 spiro atoms. The lowest BCUT2D eigenvalue weighted by Crippen LogP contribution is -2.35. The molecular weight excluding hydrogens is 266 g/mol. The fourth-order valence-electron chi connectivity index (χ4n) is 3.44. The molecule has 1 aromatic carbocycles. The number of likely N-dealkylation sites (tertiary alicyclic amines) is 1. The van der Waals surface area contributed by atoms with E-state index >= 15 is 0 Å². The van der Waals surface area contributed by atoms with Crippen molar-refractivity contribution in [3.63, 3.8) is 0 Å². The standard InChI is InChI=1S/C17H25NO3/c1-14(19)10-18-8-7-17(13-18)9-16(12-21-17)20-11-15-5-3-2-4-6-15/h2-6,14,16,19H,7-13H2,1H3. The molecule has 21 heavy (non-hydrogen) atoms. The van der Waals surface area contributed by atoms with Crippen molar-refractivity contribution >= 4 is 0 Å². The number of ether oxygens (including phenoxy) is 2. The van der Waals surface area contributed by atoms with E-state index in [0.717, 1.165) is 32.5 Å². The Balaban J connectivity index is 1.47. The fraction of sp³-hybridized carbons (Fsp3) is 0.647. The highest BCUT2D eigenvalue weighted by Gasteiger charge is 2.45. The normalized spacial score (nSPS) is 31.0. The molecule has 1 aromatic rings. The summed E-state index contributed by atoms with van der Waals surface area (Å²) < 4.78 is 12.1. The molecule has 116 valence electrons. The van der Waals surface area contributed by atoms with Crippen LogP contribution in [0.1, 0.15) is 25.3 Å². The van der Waals surface area contributed by atoms with Crippen molar-refractivity contribution in [2.45, 2.75) is 44.2 Å². The number of β-amino-alcohol motifs (C(OH)–C–C–N with tert-alkyl or cyclic N) is 1. The molecule has 4 nitrogen and oxygen atoms in total. The highest BCUT2D eigenvalue weighted by Crippen LogP contribution is 2.36. The van der Waals surface area contributed by atoms with Gasteiger partial charge in [-0.05, 0) is 18.9 Å². The Morgan fingerprint density at radius 2 is 2.24 bits per heavy atom. The number of hydrogen-bond donors (Lipinski definition) is 1. The zero-order valence-electron chi connectivity index (χ0n) is 12.7. The van der Waals surface area contributed by atoms with Crippen molar-refractivity contribution in [3.8, 4) is 0 Å². The van der Waals surface area contributed by atoms with E-state index in [1.165, 1.54) is 5.56 Å². The third-order valence-corrected chi connectivity index (χ3v) is 4.42. The molecule has 3 atom stereocenters. The van der Waals surface area contributed by atoms with Gasteiger partial charge in [0.1, 0.15) is 0 Å². The van der Waals surface area contributed by atoms with Gasteiger partial charge in [0.05, 0.1) is 31.0 Å². The number of benzene rings is 1. The molecule has 2 fully saturated rings. The Hall–Kier alpha value is -0.940. The minimum absolute atomic E-state index is 0.0454. The van der Waals surface area contributed by atoms with E-state index in [2.05, 4.69) is 17.0 Å². The quantitative estimate of drug-likeness (QED) is 0.898. The molecule has 4 heteroatoms. The lowest BCUT2D eigenvalue weighted by Gasteiger charge is -2.24. The van der Waals surface area contributed by atoms with Crippen LogP contribution in [-0.2, 0) is 16.1 Å². The molecule has 0 radical (unpaired) electrons. The van der Waals surface area contributed by atoms with Crippen molar-refractivity contribution in [2.75, 3.05) is 26.2 Å². The van der Waals surface area contributed by atoms with Gasteiger partial charge in [0.25, 0.3) is 0 Å².